The van der Waals surface area contributed by atoms with Gasteiger partial charge in [-0.25, -0.2) is 0 Å². The van der Waals surface area contributed by atoms with Crippen LogP contribution in [0.2, 0.25) is 0 Å². The molecule has 0 bridgehead atoms. The maximum Gasteiger partial charge on any atom is 0.225 e. The average molecular weight is 140 g/mol. The van der Waals surface area contributed by atoms with Gasteiger partial charge in [-0.1, -0.05) is 17.9 Å². The lowest BCUT2D eigenvalue weighted by molar-refractivity contribution is -0.688. The van der Waals surface area contributed by atoms with E-state index in [9.17, 15) is 0 Å². The van der Waals surface area contributed by atoms with Crippen LogP contribution >= 0.6 is 11.3 Å². The molecule has 0 unspecified atom stereocenters. The van der Waals surface area contributed by atoms with Gasteiger partial charge in [0.2, 0.25) is 5.51 Å². The van der Waals surface area contributed by atoms with Gasteiger partial charge < -0.3 is 0 Å². The molecule has 1 aromatic rings. The summed E-state index contributed by atoms with van der Waals surface area (Å²) >= 11 is 1.72. The summed E-state index contributed by atoms with van der Waals surface area (Å²) in [7, 11) is 0. The molecule has 1 aromatic heterocycles. The minimum absolute atomic E-state index is 0.926. The summed E-state index contributed by atoms with van der Waals surface area (Å²) in [5.74, 6) is 0. The molecule has 0 atom stereocenters. The first-order valence-corrected chi connectivity index (χ1v) is 3.82. The van der Waals surface area contributed by atoms with Crippen molar-refractivity contribution in [3.63, 3.8) is 0 Å². The quantitative estimate of drug-likeness (QED) is 0.433. The third-order valence-corrected chi connectivity index (χ3v) is 2.06. The molecule has 0 amide bonds. The van der Waals surface area contributed by atoms with Crippen molar-refractivity contribution in [3.05, 3.63) is 29.2 Å². The number of thiazole rings is 1. The summed E-state index contributed by atoms with van der Waals surface area (Å²) < 4.78 is 2.16. The third kappa shape index (κ3) is 1.39. The van der Waals surface area contributed by atoms with Gasteiger partial charge in [0, 0.05) is 6.92 Å². The molecule has 0 spiro atoms. The first-order chi connectivity index (χ1) is 4.34. The van der Waals surface area contributed by atoms with Gasteiger partial charge in [-0.15, -0.1) is 0 Å². The van der Waals surface area contributed by atoms with E-state index in [2.05, 4.69) is 29.0 Å². The van der Waals surface area contributed by atoms with E-state index < -0.39 is 0 Å². The first kappa shape index (κ1) is 6.49. The van der Waals surface area contributed by atoms with Gasteiger partial charge >= 0.3 is 0 Å². The minimum atomic E-state index is 0.926. The average Bonchev–Trinajstić information content (AvgIpc) is 2.18. The fraction of sp³-hybridized carbons (Fsp3) is 0.286. The maximum atomic E-state index is 3.66. The highest BCUT2D eigenvalue weighted by Gasteiger charge is 2.01. The van der Waals surface area contributed by atoms with Gasteiger partial charge in [0.15, 0.2) is 12.2 Å². The van der Waals surface area contributed by atoms with Crippen LogP contribution in [0.15, 0.2) is 23.5 Å². The predicted octanol–water partition coefficient (Wildman–Crippen LogP) is 1.53. The van der Waals surface area contributed by atoms with Gasteiger partial charge in [-0.2, -0.15) is 4.57 Å². The van der Waals surface area contributed by atoms with Crippen molar-refractivity contribution in [2.45, 2.75) is 13.5 Å². The Labute approximate surface area is 59.3 Å². The van der Waals surface area contributed by atoms with Gasteiger partial charge in [-0.3, -0.25) is 0 Å². The normalized spacial score (nSPS) is 9.44. The monoisotopic (exact) mass is 140 g/mol. The molecule has 0 N–H and O–H groups in total. The van der Waals surface area contributed by atoms with E-state index in [1.807, 2.05) is 6.08 Å². The molecule has 0 radical (unpaired) electrons. The first-order valence-electron chi connectivity index (χ1n) is 2.87. The smallest absolute Gasteiger partial charge is 0.189 e. The van der Waals surface area contributed by atoms with Crippen molar-refractivity contribution in [1.82, 2.24) is 0 Å². The minimum Gasteiger partial charge on any atom is -0.189 e. The van der Waals surface area contributed by atoms with E-state index in [0.29, 0.717) is 0 Å². The number of rotatable bonds is 2. The lowest BCUT2D eigenvalue weighted by Crippen LogP contribution is -2.32. The number of allylic oxidation sites excluding steroid dienone is 1. The van der Waals surface area contributed by atoms with Gasteiger partial charge in [-0.05, 0) is 6.08 Å². The van der Waals surface area contributed by atoms with Crippen molar-refractivity contribution in [2.24, 2.45) is 0 Å². The van der Waals surface area contributed by atoms with Crippen LogP contribution in [0.1, 0.15) is 5.69 Å². The molecule has 0 fully saturated rings. The highest BCUT2D eigenvalue weighted by atomic mass is 32.1. The molecule has 1 rings (SSSR count). The number of aromatic nitrogens is 1. The highest BCUT2D eigenvalue weighted by molar-refractivity contribution is 7.07. The Morgan fingerprint density at radius 3 is 3.11 bits per heavy atom. The lowest BCUT2D eigenvalue weighted by Gasteiger charge is -1.84. The fourth-order valence-electron chi connectivity index (χ4n) is 0.679. The Kier molecular flexibility index (Phi) is 2.01. The third-order valence-electron chi connectivity index (χ3n) is 1.21. The van der Waals surface area contributed by atoms with Crippen LogP contribution in [0.3, 0.4) is 0 Å². The molecular formula is C7H10NS+. The van der Waals surface area contributed by atoms with Crippen LogP contribution in [-0.2, 0) is 6.54 Å². The van der Waals surface area contributed by atoms with Crippen molar-refractivity contribution in [2.75, 3.05) is 0 Å². The number of aryl methyl sites for hydroxylation is 1. The van der Waals surface area contributed by atoms with Crippen LogP contribution in [-0.4, -0.2) is 0 Å². The molecule has 1 heterocycles. The zero-order valence-electron chi connectivity index (χ0n) is 5.50. The van der Waals surface area contributed by atoms with E-state index in [1.165, 1.54) is 5.69 Å². The molecule has 48 valence electrons. The molecule has 0 aliphatic heterocycles. The van der Waals surface area contributed by atoms with Crippen LogP contribution in [0.25, 0.3) is 0 Å². The number of hydrogen-bond donors (Lipinski definition) is 0. The Balaban J connectivity index is 2.80. The van der Waals surface area contributed by atoms with Crippen LogP contribution in [0.5, 0.6) is 0 Å². The second kappa shape index (κ2) is 2.78. The predicted molar refractivity (Wildman–Crippen MR) is 39.4 cm³/mol. The van der Waals surface area contributed by atoms with Crippen LogP contribution < -0.4 is 4.57 Å². The zero-order valence-corrected chi connectivity index (χ0v) is 6.32. The SMILES string of the molecule is C=CC[n+]1cscc1C. The number of hydrogen-bond acceptors (Lipinski definition) is 1. The largest absolute Gasteiger partial charge is 0.225 e. The van der Waals surface area contributed by atoms with Crippen molar-refractivity contribution in [1.29, 1.82) is 0 Å². The maximum absolute atomic E-state index is 3.66. The van der Waals surface area contributed by atoms with Gasteiger partial charge in [0.05, 0.1) is 5.38 Å². The summed E-state index contributed by atoms with van der Waals surface area (Å²) in [5.41, 5.74) is 3.40. The molecule has 0 saturated heterocycles. The van der Waals surface area contributed by atoms with E-state index in [1.54, 1.807) is 11.3 Å². The van der Waals surface area contributed by atoms with Crippen LogP contribution in [0, 0.1) is 6.92 Å². The number of nitrogens with zero attached hydrogens (tertiary/aromatic N) is 1. The van der Waals surface area contributed by atoms with E-state index >= 15 is 0 Å². The van der Waals surface area contributed by atoms with E-state index in [4.69, 9.17) is 0 Å². The second-order valence-electron chi connectivity index (χ2n) is 1.94. The molecule has 2 heteroatoms. The van der Waals surface area contributed by atoms with Crippen LogP contribution in [0.4, 0.5) is 0 Å². The second-order valence-corrected chi connectivity index (χ2v) is 2.66. The van der Waals surface area contributed by atoms with Crippen molar-refractivity contribution < 1.29 is 4.57 Å². The molecule has 9 heavy (non-hydrogen) atoms. The van der Waals surface area contributed by atoms with Gasteiger partial charge in [0.25, 0.3) is 0 Å². The Morgan fingerprint density at radius 2 is 2.67 bits per heavy atom. The standard InChI is InChI=1S/C7H10NS/c1-3-4-8-6-9-5-7(8)2/h3,5-6H,1,4H2,2H3/q+1. The topological polar surface area (TPSA) is 3.88 Å². The molecule has 0 aliphatic rings. The van der Waals surface area contributed by atoms with Gasteiger partial charge in [0.1, 0.15) is 0 Å². The summed E-state index contributed by atoms with van der Waals surface area (Å²) in [6.07, 6.45) is 1.90. The summed E-state index contributed by atoms with van der Waals surface area (Å²) in [5, 5.41) is 2.13. The summed E-state index contributed by atoms with van der Waals surface area (Å²) in [4.78, 5) is 0. The van der Waals surface area contributed by atoms with E-state index in [-0.39, 0.29) is 0 Å². The molecule has 0 aliphatic carbocycles. The van der Waals surface area contributed by atoms with E-state index in [0.717, 1.165) is 6.54 Å². The highest BCUT2D eigenvalue weighted by Crippen LogP contribution is 1.95. The molecule has 0 saturated carbocycles. The Bertz CT molecular complexity index is 202. The summed E-state index contributed by atoms with van der Waals surface area (Å²) in [6.45, 7) is 6.68. The van der Waals surface area contributed by atoms with Crippen molar-refractivity contribution in [3.8, 4) is 0 Å². The molecular weight excluding hydrogens is 130 g/mol. The molecule has 0 aromatic carbocycles. The summed E-state index contributed by atoms with van der Waals surface area (Å²) in [6, 6.07) is 0. The lowest BCUT2D eigenvalue weighted by atomic mass is 10.5. The Morgan fingerprint density at radius 1 is 1.89 bits per heavy atom. The molecule has 1 nitrogen and oxygen atoms in total. The Hall–Kier alpha value is -0.630. The van der Waals surface area contributed by atoms with Crippen molar-refractivity contribution >= 4 is 11.3 Å². The fourth-order valence-corrected chi connectivity index (χ4v) is 1.47. The zero-order chi connectivity index (χ0) is 6.69.